The van der Waals surface area contributed by atoms with Gasteiger partial charge in [-0.25, -0.2) is 0 Å². The number of nitrogens with zero attached hydrogens (tertiary/aromatic N) is 3. The van der Waals surface area contributed by atoms with Crippen molar-refractivity contribution < 1.29 is 4.74 Å². The number of benzene rings is 1. The van der Waals surface area contributed by atoms with Crippen molar-refractivity contribution in [3.63, 3.8) is 0 Å². The molecule has 6 heteroatoms. The number of hydrogen-bond acceptors (Lipinski definition) is 6. The highest BCUT2D eigenvalue weighted by atomic mass is 32.2. The first kappa shape index (κ1) is 11.9. The van der Waals surface area contributed by atoms with Crippen LogP contribution in [-0.4, -0.2) is 22.6 Å². The third kappa shape index (κ3) is 3.73. The molecular weight excluding hydrogens is 254 g/mol. The Hall–Kier alpha value is -1.58. The SMILES string of the molecule is N#Cc1cccc(OCCSc2nncs2)c1. The molecule has 0 radical (unpaired) electrons. The average molecular weight is 263 g/mol. The van der Waals surface area contributed by atoms with Gasteiger partial charge in [0.05, 0.1) is 18.2 Å². The predicted molar refractivity (Wildman–Crippen MR) is 67.3 cm³/mol. The Morgan fingerprint density at radius 2 is 2.41 bits per heavy atom. The second-order valence-electron chi connectivity index (χ2n) is 3.04. The fourth-order valence-corrected chi connectivity index (χ4v) is 2.55. The Bertz CT molecular complexity index is 508. The van der Waals surface area contributed by atoms with Crippen LogP contribution in [0.5, 0.6) is 5.75 Å². The summed E-state index contributed by atoms with van der Waals surface area (Å²) in [5, 5.41) is 16.4. The number of hydrogen-bond donors (Lipinski definition) is 0. The maximum absolute atomic E-state index is 8.74. The Morgan fingerprint density at radius 3 is 3.18 bits per heavy atom. The maximum atomic E-state index is 8.74. The molecule has 0 unspecified atom stereocenters. The van der Waals surface area contributed by atoms with Crippen molar-refractivity contribution in [3.8, 4) is 11.8 Å². The molecule has 1 heterocycles. The van der Waals surface area contributed by atoms with Gasteiger partial charge < -0.3 is 4.74 Å². The first-order valence-corrected chi connectivity index (χ1v) is 6.77. The lowest BCUT2D eigenvalue weighted by atomic mass is 10.2. The van der Waals surface area contributed by atoms with Crippen LogP contribution in [0.25, 0.3) is 0 Å². The third-order valence-corrected chi connectivity index (χ3v) is 3.71. The highest BCUT2D eigenvalue weighted by molar-refractivity contribution is 8.01. The van der Waals surface area contributed by atoms with E-state index in [0.717, 1.165) is 15.8 Å². The third-order valence-electron chi connectivity index (χ3n) is 1.88. The molecule has 1 aromatic carbocycles. The van der Waals surface area contributed by atoms with Gasteiger partial charge in [-0.2, -0.15) is 5.26 Å². The molecule has 0 saturated heterocycles. The summed E-state index contributed by atoms with van der Waals surface area (Å²) in [6, 6.07) is 9.22. The van der Waals surface area contributed by atoms with Gasteiger partial charge in [0, 0.05) is 5.75 Å². The molecule has 0 bridgehead atoms. The Labute approximate surface area is 107 Å². The summed E-state index contributed by atoms with van der Waals surface area (Å²) in [6.45, 7) is 0.582. The Balaban J connectivity index is 1.76. The van der Waals surface area contributed by atoms with E-state index in [1.54, 1.807) is 29.4 Å². The summed E-state index contributed by atoms with van der Waals surface area (Å²) in [5.74, 6) is 1.54. The van der Waals surface area contributed by atoms with Gasteiger partial charge in [0.1, 0.15) is 11.3 Å². The molecule has 2 rings (SSSR count). The average Bonchev–Trinajstić information content (AvgIpc) is 2.88. The zero-order chi connectivity index (χ0) is 11.9. The molecule has 86 valence electrons. The van der Waals surface area contributed by atoms with Crippen molar-refractivity contribution in [1.82, 2.24) is 10.2 Å². The van der Waals surface area contributed by atoms with E-state index in [0.29, 0.717) is 12.2 Å². The van der Waals surface area contributed by atoms with E-state index in [2.05, 4.69) is 16.3 Å². The summed E-state index contributed by atoms with van der Waals surface area (Å²) < 4.78 is 6.48. The molecule has 17 heavy (non-hydrogen) atoms. The summed E-state index contributed by atoms with van der Waals surface area (Å²) in [7, 11) is 0. The van der Waals surface area contributed by atoms with E-state index in [1.807, 2.05) is 12.1 Å². The van der Waals surface area contributed by atoms with Crippen molar-refractivity contribution in [2.45, 2.75) is 4.34 Å². The van der Waals surface area contributed by atoms with Gasteiger partial charge in [0.2, 0.25) is 0 Å². The standard InChI is InChI=1S/C11H9N3OS2/c12-7-9-2-1-3-10(6-9)15-4-5-16-11-14-13-8-17-11/h1-3,6,8H,4-5H2. The van der Waals surface area contributed by atoms with E-state index in [9.17, 15) is 0 Å². The summed E-state index contributed by atoms with van der Waals surface area (Å²) in [6.07, 6.45) is 0. The quantitative estimate of drug-likeness (QED) is 0.613. The van der Waals surface area contributed by atoms with Gasteiger partial charge >= 0.3 is 0 Å². The van der Waals surface area contributed by atoms with Gasteiger partial charge in [0.15, 0.2) is 4.34 Å². The Kier molecular flexibility index (Phi) is 4.36. The van der Waals surface area contributed by atoms with E-state index >= 15 is 0 Å². The summed E-state index contributed by atoms with van der Waals surface area (Å²) >= 11 is 3.13. The number of ether oxygens (including phenoxy) is 1. The lowest BCUT2D eigenvalue weighted by Crippen LogP contribution is -2.00. The fourth-order valence-electron chi connectivity index (χ4n) is 1.17. The van der Waals surface area contributed by atoms with Crippen molar-refractivity contribution in [2.75, 3.05) is 12.4 Å². The molecule has 0 aliphatic carbocycles. The van der Waals surface area contributed by atoms with E-state index in [-0.39, 0.29) is 0 Å². The van der Waals surface area contributed by atoms with E-state index < -0.39 is 0 Å². The van der Waals surface area contributed by atoms with Gasteiger partial charge in [-0.3, -0.25) is 0 Å². The highest BCUT2D eigenvalue weighted by Crippen LogP contribution is 2.19. The number of aromatic nitrogens is 2. The molecular formula is C11H9N3OS2. The van der Waals surface area contributed by atoms with Crippen LogP contribution in [0.4, 0.5) is 0 Å². The minimum absolute atomic E-state index is 0.582. The topological polar surface area (TPSA) is 58.8 Å². The van der Waals surface area contributed by atoms with Crippen molar-refractivity contribution in [3.05, 3.63) is 35.3 Å². The lowest BCUT2D eigenvalue weighted by molar-refractivity contribution is 0.344. The minimum Gasteiger partial charge on any atom is -0.493 e. The fraction of sp³-hybridized carbons (Fsp3) is 0.182. The first-order chi connectivity index (χ1) is 8.38. The lowest BCUT2D eigenvalue weighted by Gasteiger charge is -2.04. The molecule has 0 aliphatic rings. The van der Waals surface area contributed by atoms with Crippen molar-refractivity contribution in [2.24, 2.45) is 0 Å². The first-order valence-electron chi connectivity index (χ1n) is 4.90. The number of thioether (sulfide) groups is 1. The second-order valence-corrected chi connectivity index (χ2v) is 5.22. The molecule has 0 fully saturated rings. The second kappa shape index (κ2) is 6.23. The minimum atomic E-state index is 0.582. The van der Waals surface area contributed by atoms with Gasteiger partial charge in [0.25, 0.3) is 0 Å². The van der Waals surface area contributed by atoms with Crippen LogP contribution in [0.15, 0.2) is 34.1 Å². The van der Waals surface area contributed by atoms with Crippen LogP contribution in [0, 0.1) is 11.3 Å². The Morgan fingerprint density at radius 1 is 1.47 bits per heavy atom. The molecule has 4 nitrogen and oxygen atoms in total. The van der Waals surface area contributed by atoms with Crippen LogP contribution in [0.1, 0.15) is 5.56 Å². The predicted octanol–water partition coefficient (Wildman–Crippen LogP) is 2.58. The van der Waals surface area contributed by atoms with Gasteiger partial charge in [-0.15, -0.1) is 10.2 Å². The largest absolute Gasteiger partial charge is 0.493 e. The summed E-state index contributed by atoms with van der Waals surface area (Å²) in [4.78, 5) is 0. The van der Waals surface area contributed by atoms with E-state index in [1.165, 1.54) is 11.3 Å². The van der Waals surface area contributed by atoms with Gasteiger partial charge in [-0.05, 0) is 18.2 Å². The molecule has 1 aromatic heterocycles. The molecule has 0 N–H and O–H groups in total. The summed E-state index contributed by atoms with van der Waals surface area (Å²) in [5.41, 5.74) is 2.32. The smallest absolute Gasteiger partial charge is 0.174 e. The molecule has 2 aromatic rings. The molecule has 0 saturated carbocycles. The zero-order valence-corrected chi connectivity index (χ0v) is 10.5. The normalized spacial score (nSPS) is 9.82. The van der Waals surface area contributed by atoms with Crippen LogP contribution in [0.2, 0.25) is 0 Å². The van der Waals surface area contributed by atoms with Gasteiger partial charge in [-0.1, -0.05) is 29.2 Å². The van der Waals surface area contributed by atoms with Crippen molar-refractivity contribution in [1.29, 1.82) is 5.26 Å². The number of nitriles is 1. The monoisotopic (exact) mass is 263 g/mol. The van der Waals surface area contributed by atoms with Crippen LogP contribution in [0.3, 0.4) is 0 Å². The van der Waals surface area contributed by atoms with Crippen LogP contribution in [-0.2, 0) is 0 Å². The zero-order valence-electron chi connectivity index (χ0n) is 8.87. The van der Waals surface area contributed by atoms with Crippen molar-refractivity contribution >= 4 is 23.1 Å². The maximum Gasteiger partial charge on any atom is 0.174 e. The van der Waals surface area contributed by atoms with Crippen LogP contribution >= 0.6 is 23.1 Å². The van der Waals surface area contributed by atoms with E-state index in [4.69, 9.17) is 10.00 Å². The number of rotatable bonds is 5. The molecule has 0 amide bonds. The highest BCUT2D eigenvalue weighted by Gasteiger charge is 1.99. The van der Waals surface area contributed by atoms with Crippen LogP contribution < -0.4 is 4.74 Å². The molecule has 0 atom stereocenters. The molecule has 0 spiro atoms. The molecule has 0 aliphatic heterocycles.